The molecule has 0 bridgehead atoms. The zero-order valence-corrected chi connectivity index (χ0v) is 13.9. The molecule has 6 nitrogen and oxygen atoms in total. The van der Waals surface area contributed by atoms with Crippen molar-refractivity contribution in [1.29, 1.82) is 0 Å². The molecule has 1 aromatic heterocycles. The van der Waals surface area contributed by atoms with Gasteiger partial charge in [0.2, 0.25) is 5.91 Å². The molecule has 0 fully saturated rings. The van der Waals surface area contributed by atoms with E-state index in [0.29, 0.717) is 18.7 Å². The van der Waals surface area contributed by atoms with Crippen LogP contribution in [0.2, 0.25) is 0 Å². The van der Waals surface area contributed by atoms with Gasteiger partial charge in [0.1, 0.15) is 11.4 Å². The fourth-order valence-electron chi connectivity index (χ4n) is 2.17. The minimum absolute atomic E-state index is 0.0567. The average molecular weight is 318 g/mol. The highest BCUT2D eigenvalue weighted by Gasteiger charge is 2.18. The van der Waals surface area contributed by atoms with Gasteiger partial charge in [0.25, 0.3) is 0 Å². The molecule has 2 N–H and O–H groups in total. The van der Waals surface area contributed by atoms with Gasteiger partial charge in [-0.2, -0.15) is 0 Å². The lowest BCUT2D eigenvalue weighted by molar-refractivity contribution is -0.118. The molecule has 1 heterocycles. The van der Waals surface area contributed by atoms with E-state index in [1.54, 1.807) is 32.9 Å². The first-order chi connectivity index (χ1) is 10.7. The maximum Gasteiger partial charge on any atom is 0.514 e. The van der Waals surface area contributed by atoms with E-state index in [2.05, 4.69) is 10.3 Å². The van der Waals surface area contributed by atoms with E-state index in [-0.39, 0.29) is 5.91 Å². The van der Waals surface area contributed by atoms with Gasteiger partial charge in [-0.05, 0) is 51.0 Å². The number of rotatable bonds is 4. The highest BCUT2D eigenvalue weighted by molar-refractivity contribution is 5.85. The van der Waals surface area contributed by atoms with Crippen LogP contribution in [0.1, 0.15) is 33.3 Å². The lowest BCUT2D eigenvalue weighted by Crippen LogP contribution is -2.25. The highest BCUT2D eigenvalue weighted by atomic mass is 16.7. The van der Waals surface area contributed by atoms with Crippen LogP contribution in [0.4, 0.5) is 4.79 Å². The summed E-state index contributed by atoms with van der Waals surface area (Å²) < 4.78 is 10.4. The number of ether oxygens (including phenoxy) is 2. The first-order valence-corrected chi connectivity index (χ1v) is 7.50. The Morgan fingerprint density at radius 1 is 1.26 bits per heavy atom. The Balaban J connectivity index is 2.10. The van der Waals surface area contributed by atoms with Crippen LogP contribution in [0.15, 0.2) is 24.4 Å². The van der Waals surface area contributed by atoms with Gasteiger partial charge >= 0.3 is 6.16 Å². The number of fused-ring (bicyclic) bond motifs is 1. The molecule has 0 atom stereocenters. The summed E-state index contributed by atoms with van der Waals surface area (Å²) in [6.07, 6.45) is 1.85. The molecule has 1 aromatic carbocycles. The maximum absolute atomic E-state index is 11.7. The van der Waals surface area contributed by atoms with Crippen LogP contribution in [-0.2, 0) is 16.0 Å². The summed E-state index contributed by atoms with van der Waals surface area (Å²) in [7, 11) is 0. The van der Waals surface area contributed by atoms with E-state index >= 15 is 0 Å². The third kappa shape index (κ3) is 5.02. The van der Waals surface area contributed by atoms with Crippen LogP contribution in [0, 0.1) is 0 Å². The second-order valence-corrected chi connectivity index (χ2v) is 6.32. The molecule has 2 rings (SSSR count). The molecule has 0 unspecified atom stereocenters. The topological polar surface area (TPSA) is 80.4 Å². The number of H-pyrrole nitrogens is 1. The summed E-state index contributed by atoms with van der Waals surface area (Å²) in [5, 5.41) is 3.72. The van der Waals surface area contributed by atoms with E-state index in [9.17, 15) is 9.59 Å². The Kier molecular flexibility index (Phi) is 4.93. The van der Waals surface area contributed by atoms with Crippen molar-refractivity contribution in [3.8, 4) is 5.75 Å². The molecule has 2 aromatic rings. The Hall–Kier alpha value is -2.50. The van der Waals surface area contributed by atoms with Crippen LogP contribution in [0.3, 0.4) is 0 Å². The highest BCUT2D eigenvalue weighted by Crippen LogP contribution is 2.24. The number of amides is 1. The third-order valence-corrected chi connectivity index (χ3v) is 3.10. The van der Waals surface area contributed by atoms with Crippen molar-refractivity contribution >= 4 is 23.0 Å². The van der Waals surface area contributed by atoms with E-state index in [1.807, 2.05) is 12.3 Å². The summed E-state index contributed by atoms with van der Waals surface area (Å²) in [5.74, 6) is 0.367. The molecule has 0 aliphatic rings. The predicted octanol–water partition coefficient (Wildman–Crippen LogP) is 3.16. The lowest BCUT2D eigenvalue weighted by atomic mass is 10.1. The summed E-state index contributed by atoms with van der Waals surface area (Å²) in [5.41, 5.74) is 1.39. The van der Waals surface area contributed by atoms with Crippen LogP contribution < -0.4 is 10.1 Å². The number of carbonyl (C=O) groups excluding carboxylic acids is 2. The molecular weight excluding hydrogens is 296 g/mol. The molecule has 0 radical (unpaired) electrons. The van der Waals surface area contributed by atoms with Crippen LogP contribution in [-0.4, -0.2) is 29.2 Å². The number of aromatic nitrogens is 1. The van der Waals surface area contributed by atoms with Crippen molar-refractivity contribution < 1.29 is 19.1 Å². The summed E-state index contributed by atoms with van der Waals surface area (Å²) >= 11 is 0. The van der Waals surface area contributed by atoms with Gasteiger partial charge in [-0.15, -0.1) is 0 Å². The molecule has 0 spiro atoms. The van der Waals surface area contributed by atoms with Crippen molar-refractivity contribution in [2.24, 2.45) is 0 Å². The quantitative estimate of drug-likeness (QED) is 0.670. The fourth-order valence-corrected chi connectivity index (χ4v) is 2.17. The SMILES string of the molecule is CC(=O)NCCc1c[nH]c2ccc(OC(=O)OC(C)(C)C)cc12. The molecule has 1 amide bonds. The molecule has 124 valence electrons. The molecular formula is C17H22N2O4. The molecule has 0 aliphatic carbocycles. The van der Waals surface area contributed by atoms with Gasteiger partial charge in [-0.1, -0.05) is 0 Å². The standard InChI is InChI=1S/C17H22N2O4/c1-11(20)18-8-7-12-10-19-15-6-5-13(9-14(12)15)22-16(21)23-17(2,3)4/h5-6,9-10,19H,7-8H2,1-4H3,(H,18,20). The Morgan fingerprint density at radius 3 is 2.65 bits per heavy atom. The number of nitrogens with one attached hydrogen (secondary N) is 2. The predicted molar refractivity (Wildman–Crippen MR) is 87.5 cm³/mol. The minimum atomic E-state index is -0.729. The Bertz CT molecular complexity index is 713. The normalized spacial score (nSPS) is 11.3. The average Bonchev–Trinajstić information content (AvgIpc) is 2.79. The van der Waals surface area contributed by atoms with Gasteiger partial charge in [0.15, 0.2) is 0 Å². The third-order valence-electron chi connectivity index (χ3n) is 3.10. The molecule has 23 heavy (non-hydrogen) atoms. The summed E-state index contributed by atoms with van der Waals surface area (Å²) in [4.78, 5) is 25.8. The molecule has 0 saturated heterocycles. The fraction of sp³-hybridized carbons (Fsp3) is 0.412. The number of hydrogen-bond donors (Lipinski definition) is 2. The van der Waals surface area contributed by atoms with Gasteiger partial charge < -0.3 is 19.8 Å². The second-order valence-electron chi connectivity index (χ2n) is 6.32. The van der Waals surface area contributed by atoms with Crippen molar-refractivity contribution in [3.63, 3.8) is 0 Å². The summed E-state index contributed by atoms with van der Waals surface area (Å²) in [6.45, 7) is 7.39. The minimum Gasteiger partial charge on any atom is -0.428 e. The van der Waals surface area contributed by atoms with E-state index in [4.69, 9.17) is 9.47 Å². The van der Waals surface area contributed by atoms with Crippen molar-refractivity contribution in [2.45, 2.75) is 39.7 Å². The van der Waals surface area contributed by atoms with Gasteiger partial charge in [0.05, 0.1) is 0 Å². The lowest BCUT2D eigenvalue weighted by Gasteiger charge is -2.18. The van der Waals surface area contributed by atoms with E-state index in [0.717, 1.165) is 16.5 Å². The maximum atomic E-state index is 11.7. The number of aromatic amines is 1. The van der Waals surface area contributed by atoms with Crippen LogP contribution >= 0.6 is 0 Å². The van der Waals surface area contributed by atoms with Gasteiger partial charge in [-0.25, -0.2) is 4.79 Å². The van der Waals surface area contributed by atoms with Gasteiger partial charge in [0, 0.05) is 30.6 Å². The van der Waals surface area contributed by atoms with E-state index in [1.165, 1.54) is 6.92 Å². The monoisotopic (exact) mass is 318 g/mol. The first-order valence-electron chi connectivity index (χ1n) is 7.50. The zero-order chi connectivity index (χ0) is 17.0. The van der Waals surface area contributed by atoms with Crippen molar-refractivity contribution in [2.75, 3.05) is 6.54 Å². The van der Waals surface area contributed by atoms with Crippen LogP contribution in [0.25, 0.3) is 10.9 Å². The largest absolute Gasteiger partial charge is 0.514 e. The van der Waals surface area contributed by atoms with E-state index < -0.39 is 11.8 Å². The first kappa shape index (κ1) is 16.9. The molecule has 0 aliphatic heterocycles. The molecule has 0 saturated carbocycles. The number of benzene rings is 1. The van der Waals surface area contributed by atoms with Gasteiger partial charge in [-0.3, -0.25) is 4.79 Å². The van der Waals surface area contributed by atoms with Crippen molar-refractivity contribution in [3.05, 3.63) is 30.0 Å². The molecule has 6 heteroatoms. The Morgan fingerprint density at radius 2 is 2.00 bits per heavy atom. The van der Waals surface area contributed by atoms with Crippen LogP contribution in [0.5, 0.6) is 5.75 Å². The van der Waals surface area contributed by atoms with Crippen molar-refractivity contribution in [1.82, 2.24) is 10.3 Å². The number of hydrogen-bond acceptors (Lipinski definition) is 4. The second kappa shape index (κ2) is 6.73. The Labute approximate surface area is 135 Å². The summed E-state index contributed by atoms with van der Waals surface area (Å²) in [6, 6.07) is 5.34. The zero-order valence-electron chi connectivity index (χ0n) is 13.9. The smallest absolute Gasteiger partial charge is 0.428 e. The number of carbonyl (C=O) groups is 2.